The normalized spacial score (nSPS) is 15.3. The molecule has 1 aliphatic rings. The molecule has 1 N–H and O–H groups in total. The molecule has 0 radical (unpaired) electrons. The number of anilines is 2. The van der Waals surface area contributed by atoms with Gasteiger partial charge in [-0.25, -0.2) is 4.98 Å². The van der Waals surface area contributed by atoms with E-state index in [0.717, 1.165) is 31.9 Å². The van der Waals surface area contributed by atoms with Gasteiger partial charge in [0.25, 0.3) is 5.91 Å². The average molecular weight is 384 g/mol. The summed E-state index contributed by atoms with van der Waals surface area (Å²) in [7, 11) is 2.14. The molecule has 27 heavy (non-hydrogen) atoms. The zero-order chi connectivity index (χ0) is 19.0. The van der Waals surface area contributed by atoms with Crippen molar-refractivity contribution < 1.29 is 4.79 Å². The summed E-state index contributed by atoms with van der Waals surface area (Å²) < 4.78 is 1.73. The quantitative estimate of drug-likeness (QED) is 0.754. The fourth-order valence-corrected chi connectivity index (χ4v) is 3.58. The van der Waals surface area contributed by atoms with Crippen LogP contribution >= 0.6 is 11.6 Å². The van der Waals surface area contributed by atoms with Crippen LogP contribution < -0.4 is 10.2 Å². The van der Waals surface area contributed by atoms with Crippen molar-refractivity contribution in [2.45, 2.75) is 6.92 Å². The number of fused-ring (bicyclic) bond motifs is 1. The highest BCUT2D eigenvalue weighted by atomic mass is 35.5. The maximum Gasteiger partial charge on any atom is 0.274 e. The van der Waals surface area contributed by atoms with Gasteiger partial charge in [-0.3, -0.25) is 9.20 Å². The van der Waals surface area contributed by atoms with Crippen LogP contribution in [0.3, 0.4) is 0 Å². The first-order chi connectivity index (χ1) is 13.0. The molecule has 1 amide bonds. The Hall–Kier alpha value is -2.57. The number of carbonyl (C=O) groups is 1. The maximum atomic E-state index is 12.8. The lowest BCUT2D eigenvalue weighted by atomic mass is 10.2. The van der Waals surface area contributed by atoms with Gasteiger partial charge in [0.2, 0.25) is 0 Å². The Morgan fingerprint density at radius 3 is 2.48 bits per heavy atom. The van der Waals surface area contributed by atoms with Crippen molar-refractivity contribution in [3.63, 3.8) is 0 Å². The standard InChI is InChI=1S/C20H22ClN5O/c1-14-19(26-13-15(21)3-8-18(26)22-14)20(27)23-16-4-6-17(7-5-16)25-11-9-24(2)10-12-25/h3-8,13H,9-12H2,1-2H3,(H,23,27). The molecule has 140 valence electrons. The van der Waals surface area contributed by atoms with E-state index in [0.29, 0.717) is 22.1 Å². The van der Waals surface area contributed by atoms with Gasteiger partial charge in [0, 0.05) is 43.8 Å². The zero-order valence-electron chi connectivity index (χ0n) is 15.4. The molecule has 1 saturated heterocycles. The van der Waals surface area contributed by atoms with Crippen LogP contribution in [0.5, 0.6) is 0 Å². The van der Waals surface area contributed by atoms with Gasteiger partial charge in [0.05, 0.1) is 10.7 Å². The van der Waals surface area contributed by atoms with Gasteiger partial charge in [0.1, 0.15) is 11.3 Å². The van der Waals surface area contributed by atoms with Crippen LogP contribution in [0, 0.1) is 6.92 Å². The average Bonchev–Trinajstić information content (AvgIpc) is 2.98. The Balaban J connectivity index is 1.52. The van der Waals surface area contributed by atoms with E-state index in [-0.39, 0.29) is 5.91 Å². The highest BCUT2D eigenvalue weighted by molar-refractivity contribution is 6.30. The third-order valence-corrected chi connectivity index (χ3v) is 5.19. The molecule has 4 rings (SSSR count). The lowest BCUT2D eigenvalue weighted by Crippen LogP contribution is -2.44. The molecule has 1 aliphatic heterocycles. The molecule has 3 heterocycles. The van der Waals surface area contributed by atoms with E-state index in [9.17, 15) is 4.79 Å². The maximum absolute atomic E-state index is 12.8. The molecule has 1 aromatic carbocycles. The number of aryl methyl sites for hydroxylation is 1. The van der Waals surface area contributed by atoms with E-state index >= 15 is 0 Å². The number of likely N-dealkylation sites (N-methyl/N-ethyl adjacent to an activating group) is 1. The number of amides is 1. The first kappa shape index (κ1) is 17.8. The monoisotopic (exact) mass is 383 g/mol. The van der Waals surface area contributed by atoms with Crippen molar-refractivity contribution in [3.05, 3.63) is 59.0 Å². The van der Waals surface area contributed by atoms with Crippen LogP contribution in [0.25, 0.3) is 5.65 Å². The van der Waals surface area contributed by atoms with E-state index in [2.05, 4.69) is 39.3 Å². The van der Waals surface area contributed by atoms with Crippen molar-refractivity contribution >= 4 is 34.5 Å². The summed E-state index contributed by atoms with van der Waals surface area (Å²) in [6.07, 6.45) is 1.71. The lowest BCUT2D eigenvalue weighted by molar-refractivity contribution is 0.102. The minimum Gasteiger partial charge on any atom is -0.369 e. The zero-order valence-corrected chi connectivity index (χ0v) is 16.2. The van der Waals surface area contributed by atoms with Gasteiger partial charge in [-0.15, -0.1) is 0 Å². The van der Waals surface area contributed by atoms with Crippen LogP contribution in [-0.4, -0.2) is 53.4 Å². The second-order valence-electron chi connectivity index (χ2n) is 6.91. The van der Waals surface area contributed by atoms with E-state index < -0.39 is 0 Å². The Morgan fingerprint density at radius 1 is 1.07 bits per heavy atom. The summed E-state index contributed by atoms with van der Waals surface area (Å²) in [5.74, 6) is -0.199. The predicted octanol–water partition coefficient (Wildman–Crippen LogP) is 3.30. The van der Waals surface area contributed by atoms with Gasteiger partial charge in [-0.05, 0) is 50.4 Å². The fraction of sp³-hybridized carbons (Fsp3) is 0.300. The number of piperazine rings is 1. The highest BCUT2D eigenvalue weighted by Gasteiger charge is 2.18. The molecule has 0 unspecified atom stereocenters. The summed E-state index contributed by atoms with van der Waals surface area (Å²) in [6.45, 7) is 5.99. The summed E-state index contributed by atoms with van der Waals surface area (Å²) in [4.78, 5) is 21.9. The summed E-state index contributed by atoms with van der Waals surface area (Å²) in [6, 6.07) is 11.6. The Labute approximate surface area is 163 Å². The summed E-state index contributed by atoms with van der Waals surface area (Å²) in [5, 5.41) is 3.52. The molecule has 7 heteroatoms. The molecule has 0 atom stereocenters. The molecule has 0 bridgehead atoms. The van der Waals surface area contributed by atoms with Gasteiger partial charge in [-0.1, -0.05) is 11.6 Å². The van der Waals surface area contributed by atoms with Crippen LogP contribution in [0.4, 0.5) is 11.4 Å². The van der Waals surface area contributed by atoms with Gasteiger partial charge in [0.15, 0.2) is 0 Å². The highest BCUT2D eigenvalue weighted by Crippen LogP contribution is 2.21. The Bertz CT molecular complexity index is 974. The number of benzene rings is 1. The smallest absolute Gasteiger partial charge is 0.274 e. The van der Waals surface area contributed by atoms with E-state index in [1.54, 1.807) is 22.7 Å². The van der Waals surface area contributed by atoms with Crippen LogP contribution in [0.2, 0.25) is 5.02 Å². The molecule has 2 aromatic heterocycles. The SMILES string of the molecule is Cc1nc2ccc(Cl)cn2c1C(=O)Nc1ccc(N2CCN(C)CC2)cc1. The third kappa shape index (κ3) is 3.63. The minimum atomic E-state index is -0.199. The van der Waals surface area contributed by atoms with Crippen LogP contribution in [-0.2, 0) is 0 Å². The number of nitrogens with zero attached hydrogens (tertiary/aromatic N) is 4. The van der Waals surface area contributed by atoms with Crippen molar-refractivity contribution in [1.29, 1.82) is 0 Å². The number of rotatable bonds is 3. The number of imidazole rings is 1. The van der Waals surface area contributed by atoms with Crippen molar-refractivity contribution in [2.75, 3.05) is 43.4 Å². The van der Waals surface area contributed by atoms with Gasteiger partial charge in [-0.2, -0.15) is 0 Å². The minimum absolute atomic E-state index is 0.199. The molecular weight excluding hydrogens is 362 g/mol. The number of carbonyl (C=O) groups excluding carboxylic acids is 1. The molecule has 1 fully saturated rings. The number of hydrogen-bond donors (Lipinski definition) is 1. The third-order valence-electron chi connectivity index (χ3n) is 4.97. The first-order valence-electron chi connectivity index (χ1n) is 9.00. The van der Waals surface area contributed by atoms with Crippen LogP contribution in [0.1, 0.15) is 16.2 Å². The largest absolute Gasteiger partial charge is 0.369 e. The molecule has 6 nitrogen and oxygen atoms in total. The van der Waals surface area contributed by atoms with Crippen molar-refractivity contribution in [3.8, 4) is 0 Å². The molecule has 0 aliphatic carbocycles. The number of hydrogen-bond acceptors (Lipinski definition) is 4. The van der Waals surface area contributed by atoms with Crippen molar-refractivity contribution in [2.24, 2.45) is 0 Å². The van der Waals surface area contributed by atoms with E-state index in [1.807, 2.05) is 19.1 Å². The lowest BCUT2D eigenvalue weighted by Gasteiger charge is -2.34. The Kier molecular flexibility index (Phi) is 4.76. The van der Waals surface area contributed by atoms with Gasteiger partial charge < -0.3 is 15.1 Å². The number of aromatic nitrogens is 2. The molecule has 0 saturated carbocycles. The second kappa shape index (κ2) is 7.21. The molecule has 3 aromatic rings. The fourth-order valence-electron chi connectivity index (χ4n) is 3.42. The number of nitrogens with one attached hydrogen (secondary N) is 1. The van der Waals surface area contributed by atoms with Crippen LogP contribution in [0.15, 0.2) is 42.6 Å². The first-order valence-corrected chi connectivity index (χ1v) is 9.38. The van der Waals surface area contributed by atoms with E-state index in [1.165, 1.54) is 5.69 Å². The predicted molar refractivity (Wildman–Crippen MR) is 109 cm³/mol. The van der Waals surface area contributed by atoms with Gasteiger partial charge >= 0.3 is 0 Å². The number of halogens is 1. The molecule has 0 spiro atoms. The molecular formula is C20H22ClN5O. The second-order valence-corrected chi connectivity index (χ2v) is 7.35. The van der Waals surface area contributed by atoms with Crippen molar-refractivity contribution in [1.82, 2.24) is 14.3 Å². The summed E-state index contributed by atoms with van der Waals surface area (Å²) in [5.41, 5.74) is 3.81. The Morgan fingerprint density at radius 2 is 1.78 bits per heavy atom. The number of pyridine rings is 1. The summed E-state index contributed by atoms with van der Waals surface area (Å²) >= 11 is 6.08. The van der Waals surface area contributed by atoms with E-state index in [4.69, 9.17) is 11.6 Å². The topological polar surface area (TPSA) is 52.9 Å².